The van der Waals surface area contributed by atoms with Crippen molar-refractivity contribution in [2.45, 2.75) is 25.4 Å². The zero-order chi connectivity index (χ0) is 20.1. The predicted octanol–water partition coefficient (Wildman–Crippen LogP) is 5.02. The first-order chi connectivity index (χ1) is 14.2. The highest BCUT2D eigenvalue weighted by Gasteiger charge is 2.27. The summed E-state index contributed by atoms with van der Waals surface area (Å²) in [6.07, 6.45) is 0.383. The molecule has 0 spiro atoms. The highest BCUT2D eigenvalue weighted by Crippen LogP contribution is 2.29. The van der Waals surface area contributed by atoms with Gasteiger partial charge in [-0.15, -0.1) is 0 Å². The van der Waals surface area contributed by atoms with E-state index in [0.29, 0.717) is 18.4 Å². The van der Waals surface area contributed by atoms with Gasteiger partial charge >= 0.3 is 6.09 Å². The van der Waals surface area contributed by atoms with Crippen LogP contribution < -0.4 is 10.6 Å². The summed E-state index contributed by atoms with van der Waals surface area (Å²) in [5.74, 6) is 0.805. The fraction of sp³-hybridized carbons (Fsp3) is 0.320. The van der Waals surface area contributed by atoms with Gasteiger partial charge in [-0.25, -0.2) is 4.79 Å². The third-order valence-electron chi connectivity index (χ3n) is 5.91. The standard InChI is InChI=1S/C25H28N2O2/c1-18(22-13-7-11-19-10-5-6-12-23(19)22)29-25(28)27-16-21-14-15-26-17-24(21)20-8-3-2-4-9-20/h2-13,18,21,24,26H,14-17H2,1H3,(H,27,28)/t18-,21?,24?/m1/s1. The Hall–Kier alpha value is -2.85. The van der Waals surface area contributed by atoms with Crippen molar-refractivity contribution in [2.24, 2.45) is 5.92 Å². The molecule has 0 saturated carbocycles. The second kappa shape index (κ2) is 9.10. The lowest BCUT2D eigenvalue weighted by molar-refractivity contribution is 0.105. The topological polar surface area (TPSA) is 50.4 Å². The first-order valence-electron chi connectivity index (χ1n) is 10.4. The summed E-state index contributed by atoms with van der Waals surface area (Å²) >= 11 is 0. The number of nitrogens with one attached hydrogen (secondary N) is 2. The van der Waals surface area contributed by atoms with E-state index in [1.807, 2.05) is 37.3 Å². The van der Waals surface area contributed by atoms with Crippen LogP contribution in [0.5, 0.6) is 0 Å². The summed E-state index contributed by atoms with van der Waals surface area (Å²) in [7, 11) is 0. The van der Waals surface area contributed by atoms with Gasteiger partial charge in [0.05, 0.1) is 0 Å². The van der Waals surface area contributed by atoms with Gasteiger partial charge in [-0.3, -0.25) is 0 Å². The molecule has 4 rings (SSSR count). The number of rotatable bonds is 5. The molecule has 1 amide bonds. The largest absolute Gasteiger partial charge is 0.442 e. The fourth-order valence-corrected chi connectivity index (χ4v) is 4.33. The second-order valence-electron chi connectivity index (χ2n) is 7.77. The lowest BCUT2D eigenvalue weighted by Crippen LogP contribution is -2.41. The lowest BCUT2D eigenvalue weighted by atomic mass is 9.81. The molecule has 4 nitrogen and oxygen atoms in total. The number of carbonyl (C=O) groups excluding carboxylic acids is 1. The maximum absolute atomic E-state index is 12.5. The summed E-state index contributed by atoms with van der Waals surface area (Å²) < 4.78 is 5.71. The Kier molecular flexibility index (Phi) is 6.11. The first kappa shape index (κ1) is 19.5. The number of carbonyl (C=O) groups is 1. The van der Waals surface area contributed by atoms with Gasteiger partial charge in [0, 0.05) is 24.6 Å². The monoisotopic (exact) mass is 388 g/mol. The molecule has 0 aromatic heterocycles. The van der Waals surface area contributed by atoms with Gasteiger partial charge in [-0.2, -0.15) is 0 Å². The van der Waals surface area contributed by atoms with Crippen LogP contribution in [0.25, 0.3) is 10.8 Å². The number of benzene rings is 3. The van der Waals surface area contributed by atoms with Crippen LogP contribution in [0.3, 0.4) is 0 Å². The van der Waals surface area contributed by atoms with E-state index < -0.39 is 0 Å². The Balaban J connectivity index is 1.38. The number of ether oxygens (including phenoxy) is 1. The molecule has 0 bridgehead atoms. The zero-order valence-corrected chi connectivity index (χ0v) is 16.8. The number of amides is 1. The van der Waals surface area contributed by atoms with Crippen molar-refractivity contribution >= 4 is 16.9 Å². The smallest absolute Gasteiger partial charge is 0.407 e. The average molecular weight is 389 g/mol. The number of alkyl carbamates (subject to hydrolysis) is 1. The van der Waals surface area contributed by atoms with Crippen molar-refractivity contribution in [3.63, 3.8) is 0 Å². The van der Waals surface area contributed by atoms with Gasteiger partial charge in [0.15, 0.2) is 0 Å². The molecule has 0 aliphatic carbocycles. The molecule has 4 heteroatoms. The van der Waals surface area contributed by atoms with Crippen LogP contribution in [0.1, 0.15) is 36.5 Å². The summed E-state index contributed by atoms with van der Waals surface area (Å²) in [6.45, 7) is 4.48. The van der Waals surface area contributed by atoms with E-state index in [4.69, 9.17) is 4.74 Å². The molecule has 150 valence electrons. The second-order valence-corrected chi connectivity index (χ2v) is 7.77. The van der Waals surface area contributed by atoms with E-state index in [-0.39, 0.29) is 12.2 Å². The molecular formula is C25H28N2O2. The average Bonchev–Trinajstić information content (AvgIpc) is 2.78. The van der Waals surface area contributed by atoms with Crippen LogP contribution in [0.4, 0.5) is 4.79 Å². The summed E-state index contributed by atoms with van der Waals surface area (Å²) in [5, 5.41) is 8.77. The van der Waals surface area contributed by atoms with Gasteiger partial charge in [0.2, 0.25) is 0 Å². The van der Waals surface area contributed by atoms with E-state index in [0.717, 1.165) is 35.8 Å². The highest BCUT2D eigenvalue weighted by molar-refractivity contribution is 5.86. The minimum Gasteiger partial charge on any atom is -0.442 e. The number of piperidine rings is 1. The zero-order valence-electron chi connectivity index (χ0n) is 16.8. The van der Waals surface area contributed by atoms with Crippen molar-refractivity contribution in [3.8, 4) is 0 Å². The van der Waals surface area contributed by atoms with E-state index in [1.54, 1.807) is 0 Å². The Morgan fingerprint density at radius 1 is 1.07 bits per heavy atom. The van der Waals surface area contributed by atoms with E-state index in [2.05, 4.69) is 53.1 Å². The van der Waals surface area contributed by atoms with Gasteiger partial charge in [-0.1, -0.05) is 72.8 Å². The maximum Gasteiger partial charge on any atom is 0.407 e. The molecule has 0 radical (unpaired) electrons. The normalized spacial score (nSPS) is 20.2. The predicted molar refractivity (Wildman–Crippen MR) is 117 cm³/mol. The Bertz CT molecular complexity index is 952. The third-order valence-corrected chi connectivity index (χ3v) is 5.91. The molecular weight excluding hydrogens is 360 g/mol. The van der Waals surface area contributed by atoms with Gasteiger partial charge in [0.1, 0.15) is 6.10 Å². The fourth-order valence-electron chi connectivity index (χ4n) is 4.33. The molecule has 1 heterocycles. The molecule has 3 atom stereocenters. The van der Waals surface area contributed by atoms with E-state index in [9.17, 15) is 4.79 Å². The third kappa shape index (κ3) is 4.60. The van der Waals surface area contributed by atoms with Crippen molar-refractivity contribution < 1.29 is 9.53 Å². The van der Waals surface area contributed by atoms with Crippen LogP contribution in [0.2, 0.25) is 0 Å². The minimum absolute atomic E-state index is 0.306. The number of hydrogen-bond donors (Lipinski definition) is 2. The molecule has 1 aliphatic rings. The SMILES string of the molecule is C[C@@H](OC(=O)NCC1CCNCC1c1ccccc1)c1cccc2ccccc12. The molecule has 1 aliphatic heterocycles. The van der Waals surface area contributed by atoms with Gasteiger partial charge in [0.25, 0.3) is 0 Å². The quantitative estimate of drug-likeness (QED) is 0.645. The van der Waals surface area contributed by atoms with Gasteiger partial charge in [-0.05, 0) is 42.1 Å². The number of hydrogen-bond acceptors (Lipinski definition) is 3. The van der Waals surface area contributed by atoms with E-state index in [1.165, 1.54) is 5.56 Å². The summed E-state index contributed by atoms with van der Waals surface area (Å²) in [4.78, 5) is 12.5. The van der Waals surface area contributed by atoms with Crippen LogP contribution in [-0.2, 0) is 4.74 Å². The van der Waals surface area contributed by atoms with Crippen molar-refractivity contribution in [2.75, 3.05) is 19.6 Å². The van der Waals surface area contributed by atoms with Crippen molar-refractivity contribution in [3.05, 3.63) is 83.9 Å². The molecule has 2 unspecified atom stereocenters. The first-order valence-corrected chi connectivity index (χ1v) is 10.4. The van der Waals surface area contributed by atoms with E-state index >= 15 is 0 Å². The van der Waals surface area contributed by atoms with Crippen LogP contribution in [-0.4, -0.2) is 25.7 Å². The van der Waals surface area contributed by atoms with Gasteiger partial charge < -0.3 is 15.4 Å². The number of fused-ring (bicyclic) bond motifs is 1. The van der Waals surface area contributed by atoms with Crippen LogP contribution in [0, 0.1) is 5.92 Å². The highest BCUT2D eigenvalue weighted by atomic mass is 16.6. The molecule has 29 heavy (non-hydrogen) atoms. The van der Waals surface area contributed by atoms with Crippen LogP contribution in [0.15, 0.2) is 72.8 Å². The lowest BCUT2D eigenvalue weighted by Gasteiger charge is -2.32. The van der Waals surface area contributed by atoms with Crippen molar-refractivity contribution in [1.82, 2.24) is 10.6 Å². The molecule has 1 fully saturated rings. The summed E-state index contributed by atoms with van der Waals surface area (Å²) in [5.41, 5.74) is 2.35. The molecule has 1 saturated heterocycles. The minimum atomic E-state index is -0.351. The molecule has 2 N–H and O–H groups in total. The van der Waals surface area contributed by atoms with Crippen LogP contribution >= 0.6 is 0 Å². The Labute approximate surface area is 172 Å². The molecule has 3 aromatic carbocycles. The van der Waals surface area contributed by atoms with Crippen molar-refractivity contribution in [1.29, 1.82) is 0 Å². The maximum atomic E-state index is 12.5. The Morgan fingerprint density at radius 3 is 2.69 bits per heavy atom. The summed E-state index contributed by atoms with van der Waals surface area (Å²) in [6, 6.07) is 24.8. The Morgan fingerprint density at radius 2 is 1.83 bits per heavy atom. The molecule has 3 aromatic rings.